The van der Waals surface area contributed by atoms with E-state index in [-0.39, 0.29) is 0 Å². The fourth-order valence-corrected chi connectivity index (χ4v) is 1.34. The highest BCUT2D eigenvalue weighted by Gasteiger charge is 2.40. The molecule has 0 unspecified atom stereocenters. The van der Waals surface area contributed by atoms with E-state index in [9.17, 15) is 31.1 Å². The molecule has 0 spiro atoms. The summed E-state index contributed by atoms with van der Waals surface area (Å²) in [4.78, 5) is 11.0. The van der Waals surface area contributed by atoms with Crippen molar-refractivity contribution in [2.45, 2.75) is 19.7 Å². The Morgan fingerprint density at radius 3 is 2.22 bits per heavy atom. The van der Waals surface area contributed by atoms with Crippen LogP contribution in [0.5, 0.6) is 5.75 Å². The number of hydrogen-bond acceptors (Lipinski definition) is 2. The molecule has 0 atom stereocenters. The number of carbonyl (C=O) groups excluding carboxylic acids is 1. The van der Waals surface area contributed by atoms with Gasteiger partial charge in [-0.3, -0.25) is 4.79 Å². The highest BCUT2D eigenvalue weighted by Crippen LogP contribution is 2.41. The second-order valence-electron chi connectivity index (χ2n) is 3.23. The Bertz CT molecular complexity index is 466. The summed E-state index contributed by atoms with van der Waals surface area (Å²) in [5.74, 6) is -4.33. The third-order valence-electron chi connectivity index (χ3n) is 1.98. The number of ketones is 1. The van der Waals surface area contributed by atoms with Crippen molar-refractivity contribution >= 4 is 5.78 Å². The van der Waals surface area contributed by atoms with Crippen LogP contribution in [0.15, 0.2) is 12.1 Å². The van der Waals surface area contributed by atoms with Crippen molar-refractivity contribution in [1.29, 1.82) is 0 Å². The topological polar surface area (TPSA) is 26.3 Å². The lowest BCUT2D eigenvalue weighted by molar-refractivity contribution is -0.142. The molecule has 0 amide bonds. The standard InChI is InChI=1S/C10H6F6O2/c1-4(17)5-2-3-6(11)8(18-9(12)13)7(5)10(14,15)16/h2-3,9H,1H3. The molecular weight excluding hydrogens is 266 g/mol. The SMILES string of the molecule is CC(=O)c1ccc(F)c(OC(F)F)c1C(F)(F)F. The first-order valence-corrected chi connectivity index (χ1v) is 4.50. The Hall–Kier alpha value is -1.73. The summed E-state index contributed by atoms with van der Waals surface area (Å²) in [6.07, 6.45) is -5.19. The molecule has 100 valence electrons. The molecule has 0 aromatic heterocycles. The number of halogens is 6. The van der Waals surface area contributed by atoms with E-state index in [0.29, 0.717) is 12.1 Å². The molecule has 0 fully saturated rings. The van der Waals surface area contributed by atoms with Gasteiger partial charge in [-0.2, -0.15) is 22.0 Å². The van der Waals surface area contributed by atoms with Gasteiger partial charge >= 0.3 is 12.8 Å². The van der Waals surface area contributed by atoms with Crippen LogP contribution in [0.2, 0.25) is 0 Å². The Morgan fingerprint density at radius 1 is 1.28 bits per heavy atom. The van der Waals surface area contributed by atoms with Crippen LogP contribution in [-0.4, -0.2) is 12.4 Å². The van der Waals surface area contributed by atoms with Gasteiger partial charge in [-0.15, -0.1) is 0 Å². The maximum atomic E-state index is 13.1. The van der Waals surface area contributed by atoms with Crippen molar-refractivity contribution in [3.8, 4) is 5.75 Å². The molecule has 1 aromatic carbocycles. The first kappa shape index (κ1) is 14.3. The van der Waals surface area contributed by atoms with E-state index in [1.807, 2.05) is 0 Å². The van der Waals surface area contributed by atoms with Crippen LogP contribution in [0.1, 0.15) is 22.8 Å². The lowest BCUT2D eigenvalue weighted by Gasteiger charge is -2.16. The first-order chi connectivity index (χ1) is 8.14. The van der Waals surface area contributed by atoms with Crippen LogP contribution in [0.3, 0.4) is 0 Å². The van der Waals surface area contributed by atoms with Crippen LogP contribution < -0.4 is 4.74 Å². The molecule has 0 bridgehead atoms. The number of benzene rings is 1. The van der Waals surface area contributed by atoms with Crippen molar-refractivity contribution in [3.05, 3.63) is 29.1 Å². The Labute approximate surface area is 97.2 Å². The van der Waals surface area contributed by atoms with E-state index in [1.54, 1.807) is 0 Å². The summed E-state index contributed by atoms with van der Waals surface area (Å²) in [5, 5.41) is 0. The molecule has 0 radical (unpaired) electrons. The van der Waals surface area contributed by atoms with E-state index in [0.717, 1.165) is 6.92 Å². The summed E-state index contributed by atoms with van der Waals surface area (Å²) < 4.78 is 78.5. The molecule has 0 aliphatic carbocycles. The fraction of sp³-hybridized carbons (Fsp3) is 0.300. The zero-order chi connectivity index (χ0) is 14.1. The van der Waals surface area contributed by atoms with E-state index in [1.165, 1.54) is 0 Å². The van der Waals surface area contributed by atoms with Crippen molar-refractivity contribution in [2.24, 2.45) is 0 Å². The maximum absolute atomic E-state index is 13.1. The molecule has 1 aromatic rings. The number of carbonyl (C=O) groups is 1. The zero-order valence-corrected chi connectivity index (χ0v) is 8.82. The van der Waals surface area contributed by atoms with Gasteiger partial charge in [0, 0.05) is 5.56 Å². The second kappa shape index (κ2) is 4.87. The summed E-state index contributed by atoms with van der Waals surface area (Å²) in [6.45, 7) is -2.84. The van der Waals surface area contributed by atoms with Gasteiger partial charge in [0.2, 0.25) is 0 Å². The molecule has 1 rings (SSSR count). The summed E-state index contributed by atoms with van der Waals surface area (Å²) in [6, 6.07) is 1.03. The van der Waals surface area contributed by atoms with E-state index in [2.05, 4.69) is 4.74 Å². The molecule has 0 heterocycles. The summed E-state index contributed by atoms with van der Waals surface area (Å²) >= 11 is 0. The second-order valence-corrected chi connectivity index (χ2v) is 3.23. The van der Waals surface area contributed by atoms with Gasteiger partial charge in [0.05, 0.1) is 0 Å². The lowest BCUT2D eigenvalue weighted by atomic mass is 10.0. The predicted octanol–water partition coefficient (Wildman–Crippen LogP) is 3.65. The van der Waals surface area contributed by atoms with Crippen molar-refractivity contribution in [3.63, 3.8) is 0 Å². The molecule has 0 saturated heterocycles. The number of ether oxygens (including phenoxy) is 1. The van der Waals surface area contributed by atoms with Gasteiger partial charge in [0.15, 0.2) is 17.3 Å². The smallest absolute Gasteiger partial charge is 0.420 e. The molecule has 18 heavy (non-hydrogen) atoms. The van der Waals surface area contributed by atoms with Crippen LogP contribution in [-0.2, 0) is 6.18 Å². The highest BCUT2D eigenvalue weighted by atomic mass is 19.4. The molecule has 0 N–H and O–H groups in total. The number of Topliss-reactive ketones (excluding diaryl/α,β-unsaturated/α-hetero) is 1. The van der Waals surface area contributed by atoms with Crippen LogP contribution in [0.4, 0.5) is 26.3 Å². The van der Waals surface area contributed by atoms with Crippen molar-refractivity contribution in [2.75, 3.05) is 0 Å². The summed E-state index contributed by atoms with van der Waals surface area (Å²) in [7, 11) is 0. The van der Waals surface area contributed by atoms with Gasteiger partial charge in [-0.05, 0) is 19.1 Å². The molecular formula is C10H6F6O2. The molecule has 0 aliphatic heterocycles. The average molecular weight is 272 g/mol. The predicted molar refractivity (Wildman–Crippen MR) is 48.0 cm³/mol. The summed E-state index contributed by atoms with van der Waals surface area (Å²) in [5.41, 5.74) is -2.77. The van der Waals surface area contributed by atoms with Crippen LogP contribution in [0.25, 0.3) is 0 Å². The minimum Gasteiger partial charge on any atom is -0.431 e. The van der Waals surface area contributed by atoms with Gasteiger partial charge in [-0.1, -0.05) is 0 Å². The van der Waals surface area contributed by atoms with Crippen LogP contribution >= 0.6 is 0 Å². The van der Waals surface area contributed by atoms with E-state index in [4.69, 9.17) is 0 Å². The molecule has 8 heteroatoms. The normalized spacial score (nSPS) is 11.8. The average Bonchev–Trinajstić information content (AvgIpc) is 2.17. The largest absolute Gasteiger partial charge is 0.431 e. The molecule has 2 nitrogen and oxygen atoms in total. The molecule has 0 aliphatic rings. The lowest BCUT2D eigenvalue weighted by Crippen LogP contribution is -2.17. The monoisotopic (exact) mass is 272 g/mol. The first-order valence-electron chi connectivity index (χ1n) is 4.50. The third kappa shape index (κ3) is 2.93. The number of rotatable bonds is 3. The third-order valence-corrected chi connectivity index (χ3v) is 1.98. The maximum Gasteiger partial charge on any atom is 0.420 e. The number of hydrogen-bond donors (Lipinski definition) is 0. The van der Waals surface area contributed by atoms with Gasteiger partial charge < -0.3 is 4.74 Å². The van der Waals surface area contributed by atoms with Crippen molar-refractivity contribution < 1.29 is 35.9 Å². The highest BCUT2D eigenvalue weighted by molar-refractivity contribution is 5.96. The van der Waals surface area contributed by atoms with Gasteiger partial charge in [-0.25, -0.2) is 4.39 Å². The Kier molecular flexibility index (Phi) is 3.88. The Balaban J connectivity index is 3.56. The van der Waals surface area contributed by atoms with Crippen LogP contribution in [0, 0.1) is 5.82 Å². The fourth-order valence-electron chi connectivity index (χ4n) is 1.34. The minimum absolute atomic E-state index is 0.462. The van der Waals surface area contributed by atoms with Crippen molar-refractivity contribution in [1.82, 2.24) is 0 Å². The minimum atomic E-state index is -5.19. The quantitative estimate of drug-likeness (QED) is 0.620. The molecule has 0 saturated carbocycles. The van der Waals surface area contributed by atoms with E-state index >= 15 is 0 Å². The van der Waals surface area contributed by atoms with Gasteiger partial charge in [0.25, 0.3) is 0 Å². The Morgan fingerprint density at radius 2 is 1.83 bits per heavy atom. The van der Waals surface area contributed by atoms with E-state index < -0.39 is 41.3 Å². The number of alkyl halides is 5. The van der Waals surface area contributed by atoms with Gasteiger partial charge in [0.1, 0.15) is 5.56 Å². The zero-order valence-electron chi connectivity index (χ0n) is 8.82.